The molecule has 0 radical (unpaired) electrons. The van der Waals surface area contributed by atoms with E-state index in [0.717, 1.165) is 51.6 Å². The van der Waals surface area contributed by atoms with E-state index in [9.17, 15) is 0 Å². The molecule has 1 aromatic rings. The van der Waals surface area contributed by atoms with Gasteiger partial charge in [-0.1, -0.05) is 12.1 Å². The second-order valence-corrected chi connectivity index (χ2v) is 5.90. The molecule has 2 N–H and O–H groups in total. The zero-order chi connectivity index (χ0) is 17.6. The Morgan fingerprint density at radius 3 is 2.56 bits per heavy atom. The number of methoxy groups -OCH3 is 1. The van der Waals surface area contributed by atoms with Crippen molar-refractivity contribution >= 4 is 35.6 Å². The molecule has 6 heteroatoms. The summed E-state index contributed by atoms with van der Waals surface area (Å²) in [6.45, 7) is 8.93. The zero-order valence-corrected chi connectivity index (χ0v) is 18.5. The van der Waals surface area contributed by atoms with Crippen LogP contribution in [0.15, 0.2) is 29.3 Å². The highest BCUT2D eigenvalue weighted by Crippen LogP contribution is 2.14. The number of unbranched alkanes of at least 4 members (excludes halogenated alkanes) is 2. The van der Waals surface area contributed by atoms with Crippen molar-refractivity contribution in [1.82, 2.24) is 10.6 Å². The number of ether oxygens (including phenoxy) is 1. The largest absolute Gasteiger partial charge is 0.385 e. The van der Waals surface area contributed by atoms with E-state index in [4.69, 9.17) is 4.74 Å². The van der Waals surface area contributed by atoms with Crippen molar-refractivity contribution in [3.8, 4) is 0 Å². The van der Waals surface area contributed by atoms with Gasteiger partial charge in [0.25, 0.3) is 0 Å². The number of halogens is 1. The number of nitrogens with zero attached hydrogens (tertiary/aromatic N) is 2. The third-order valence-electron chi connectivity index (χ3n) is 3.96. The predicted molar refractivity (Wildman–Crippen MR) is 120 cm³/mol. The highest BCUT2D eigenvalue weighted by Gasteiger charge is 2.04. The lowest BCUT2D eigenvalue weighted by Crippen LogP contribution is -2.42. The summed E-state index contributed by atoms with van der Waals surface area (Å²) in [5.41, 5.74) is 2.57. The fraction of sp³-hybridized carbons (Fsp3) is 0.632. The number of likely N-dealkylation sites (N-methyl/N-ethyl adjacent to an activating group) is 1. The van der Waals surface area contributed by atoms with Gasteiger partial charge >= 0.3 is 0 Å². The number of nitrogens with one attached hydrogen (secondary N) is 2. The third kappa shape index (κ3) is 10.5. The van der Waals surface area contributed by atoms with Crippen molar-refractivity contribution in [2.75, 3.05) is 51.8 Å². The SMILES string of the molecule is CCN(CCNC(=NC)NCCCCCOC)c1cccc(C)c1.I. The quantitative estimate of drug-likeness (QED) is 0.229. The van der Waals surface area contributed by atoms with Crippen LogP contribution in [0.3, 0.4) is 0 Å². The molecule has 0 spiro atoms. The number of aryl methyl sites for hydroxylation is 1. The smallest absolute Gasteiger partial charge is 0.191 e. The number of guanidine groups is 1. The van der Waals surface area contributed by atoms with Gasteiger partial charge in [0, 0.05) is 52.6 Å². The lowest BCUT2D eigenvalue weighted by molar-refractivity contribution is 0.192. The molecule has 0 aliphatic heterocycles. The molecule has 0 aliphatic carbocycles. The van der Waals surface area contributed by atoms with Gasteiger partial charge in [0.2, 0.25) is 0 Å². The summed E-state index contributed by atoms with van der Waals surface area (Å²) >= 11 is 0. The van der Waals surface area contributed by atoms with E-state index >= 15 is 0 Å². The van der Waals surface area contributed by atoms with Crippen molar-refractivity contribution in [3.05, 3.63) is 29.8 Å². The van der Waals surface area contributed by atoms with E-state index < -0.39 is 0 Å². The molecule has 1 rings (SSSR count). The molecule has 0 heterocycles. The number of anilines is 1. The minimum absolute atomic E-state index is 0. The summed E-state index contributed by atoms with van der Waals surface area (Å²) in [5, 5.41) is 6.76. The summed E-state index contributed by atoms with van der Waals surface area (Å²) in [7, 11) is 3.57. The molecular weight excluding hydrogens is 427 g/mol. The summed E-state index contributed by atoms with van der Waals surface area (Å²) < 4.78 is 5.06. The highest BCUT2D eigenvalue weighted by molar-refractivity contribution is 14.0. The van der Waals surface area contributed by atoms with Gasteiger partial charge < -0.3 is 20.3 Å². The average molecular weight is 462 g/mol. The monoisotopic (exact) mass is 462 g/mol. The number of benzene rings is 1. The van der Waals surface area contributed by atoms with Gasteiger partial charge in [0.1, 0.15) is 0 Å². The maximum Gasteiger partial charge on any atom is 0.191 e. The Bertz CT molecular complexity index is 482. The molecule has 0 bridgehead atoms. The first kappa shape index (κ1) is 24.0. The summed E-state index contributed by atoms with van der Waals surface area (Å²) in [4.78, 5) is 6.66. The van der Waals surface area contributed by atoms with E-state index in [0.29, 0.717) is 0 Å². The van der Waals surface area contributed by atoms with Crippen LogP contribution in [-0.4, -0.2) is 52.9 Å². The fourth-order valence-electron chi connectivity index (χ4n) is 2.58. The molecule has 25 heavy (non-hydrogen) atoms. The Labute approximate surface area is 170 Å². The standard InChI is InChI=1S/C19H34N4O.HI/c1-5-23(18-11-9-10-17(2)16-18)14-13-22-19(20-3)21-12-7-6-8-15-24-4;/h9-11,16H,5-8,12-15H2,1-4H3,(H2,20,21,22);1H. The Kier molecular flexibility index (Phi) is 14.6. The summed E-state index contributed by atoms with van der Waals surface area (Å²) in [5.74, 6) is 0.877. The lowest BCUT2D eigenvalue weighted by Gasteiger charge is -2.24. The second kappa shape index (κ2) is 15.3. The molecule has 0 amide bonds. The minimum atomic E-state index is 0. The molecule has 0 atom stereocenters. The van der Waals surface area contributed by atoms with Crippen LogP contribution in [0.1, 0.15) is 31.7 Å². The Morgan fingerprint density at radius 2 is 1.92 bits per heavy atom. The van der Waals surface area contributed by atoms with Crippen LogP contribution in [0.2, 0.25) is 0 Å². The zero-order valence-electron chi connectivity index (χ0n) is 16.2. The molecule has 0 fully saturated rings. The highest BCUT2D eigenvalue weighted by atomic mass is 127. The van der Waals surface area contributed by atoms with Crippen LogP contribution in [-0.2, 0) is 4.74 Å². The van der Waals surface area contributed by atoms with Gasteiger partial charge in [-0.2, -0.15) is 0 Å². The minimum Gasteiger partial charge on any atom is -0.385 e. The van der Waals surface area contributed by atoms with Gasteiger partial charge in [0.15, 0.2) is 5.96 Å². The van der Waals surface area contributed by atoms with E-state index in [-0.39, 0.29) is 24.0 Å². The second-order valence-electron chi connectivity index (χ2n) is 5.90. The predicted octanol–water partition coefficient (Wildman–Crippen LogP) is 3.42. The van der Waals surface area contributed by atoms with Crippen molar-refractivity contribution in [3.63, 3.8) is 0 Å². The topological polar surface area (TPSA) is 48.9 Å². The van der Waals surface area contributed by atoms with E-state index in [1.54, 1.807) is 7.11 Å². The first-order valence-corrected chi connectivity index (χ1v) is 8.96. The molecule has 5 nitrogen and oxygen atoms in total. The molecule has 1 aromatic carbocycles. The number of aliphatic imine (C=N–C) groups is 1. The van der Waals surface area contributed by atoms with Crippen LogP contribution in [0.4, 0.5) is 5.69 Å². The summed E-state index contributed by atoms with van der Waals surface area (Å²) in [6, 6.07) is 8.65. The number of hydrogen-bond acceptors (Lipinski definition) is 3. The van der Waals surface area contributed by atoms with E-state index in [1.165, 1.54) is 17.7 Å². The van der Waals surface area contributed by atoms with Crippen molar-refractivity contribution in [1.29, 1.82) is 0 Å². The van der Waals surface area contributed by atoms with E-state index in [1.807, 2.05) is 7.05 Å². The van der Waals surface area contributed by atoms with Gasteiger partial charge in [-0.15, -0.1) is 24.0 Å². The van der Waals surface area contributed by atoms with Crippen LogP contribution in [0, 0.1) is 6.92 Å². The maximum atomic E-state index is 5.06. The molecule has 0 saturated heterocycles. The molecule has 0 saturated carbocycles. The van der Waals surface area contributed by atoms with Crippen LogP contribution in [0.5, 0.6) is 0 Å². The first-order valence-electron chi connectivity index (χ1n) is 8.96. The van der Waals surface area contributed by atoms with Crippen molar-refractivity contribution in [2.45, 2.75) is 33.1 Å². The van der Waals surface area contributed by atoms with Crippen molar-refractivity contribution < 1.29 is 4.74 Å². The van der Waals surface area contributed by atoms with Crippen molar-refractivity contribution in [2.24, 2.45) is 4.99 Å². The molecular formula is C19H35IN4O. The number of hydrogen-bond donors (Lipinski definition) is 2. The van der Waals surface area contributed by atoms with Crippen LogP contribution >= 0.6 is 24.0 Å². The maximum absolute atomic E-state index is 5.06. The molecule has 0 unspecified atom stereocenters. The number of rotatable bonds is 11. The Morgan fingerprint density at radius 1 is 1.16 bits per heavy atom. The lowest BCUT2D eigenvalue weighted by atomic mass is 10.2. The van der Waals surface area contributed by atoms with Gasteiger partial charge in [-0.05, 0) is 50.8 Å². The third-order valence-corrected chi connectivity index (χ3v) is 3.96. The van der Waals surface area contributed by atoms with Gasteiger partial charge in [-0.25, -0.2) is 0 Å². The molecule has 0 aliphatic rings. The Hall–Kier alpha value is -1.02. The molecule has 0 aromatic heterocycles. The first-order chi connectivity index (χ1) is 11.7. The van der Waals surface area contributed by atoms with Gasteiger partial charge in [0.05, 0.1) is 0 Å². The normalized spacial score (nSPS) is 11.0. The van der Waals surface area contributed by atoms with E-state index in [2.05, 4.69) is 58.6 Å². The average Bonchev–Trinajstić information content (AvgIpc) is 2.59. The Balaban J connectivity index is 0.00000576. The summed E-state index contributed by atoms with van der Waals surface area (Å²) in [6.07, 6.45) is 3.43. The van der Waals surface area contributed by atoms with Crippen LogP contribution < -0.4 is 15.5 Å². The van der Waals surface area contributed by atoms with Crippen LogP contribution in [0.25, 0.3) is 0 Å². The fourth-order valence-corrected chi connectivity index (χ4v) is 2.58. The molecule has 144 valence electrons. The van der Waals surface area contributed by atoms with Gasteiger partial charge in [-0.3, -0.25) is 4.99 Å².